The van der Waals surface area contributed by atoms with Gasteiger partial charge in [-0.2, -0.15) is 4.68 Å². The average molecular weight is 465 g/mol. The van der Waals surface area contributed by atoms with Gasteiger partial charge in [0.1, 0.15) is 5.82 Å². The highest BCUT2D eigenvalue weighted by Crippen LogP contribution is 2.37. The number of allylic oxidation sites excluding steroid dienone is 1. The van der Waals surface area contributed by atoms with Crippen LogP contribution in [0.15, 0.2) is 71.7 Å². The number of aromatic nitrogens is 3. The lowest BCUT2D eigenvalue weighted by molar-refractivity contribution is -0.114. The van der Waals surface area contributed by atoms with Crippen molar-refractivity contribution in [3.05, 3.63) is 111 Å². The number of aryl methyl sites for hydroxylation is 3. The summed E-state index contributed by atoms with van der Waals surface area (Å²) in [5, 5.41) is 11.3. The van der Waals surface area contributed by atoms with Gasteiger partial charge in [-0.15, -0.1) is 0 Å². The zero-order valence-electron chi connectivity index (χ0n) is 19.5. The van der Waals surface area contributed by atoms with E-state index in [1.54, 1.807) is 31.3 Å². The van der Waals surface area contributed by atoms with Crippen molar-refractivity contribution in [3.63, 3.8) is 0 Å². The maximum absolute atomic E-state index is 14.0. The van der Waals surface area contributed by atoms with Crippen molar-refractivity contribution in [2.24, 2.45) is 0 Å². The predicted octanol–water partition coefficient (Wildman–Crippen LogP) is 3.66. The minimum absolute atomic E-state index is 0.137. The van der Waals surface area contributed by atoms with Crippen LogP contribution >= 0.6 is 0 Å². The Labute approximate surface area is 201 Å². The smallest absolute Gasteiger partial charge is 0.280 e. The monoisotopic (exact) mass is 464 g/mol. The van der Waals surface area contributed by atoms with Crippen molar-refractivity contribution in [1.29, 1.82) is 0 Å². The van der Waals surface area contributed by atoms with E-state index in [9.17, 15) is 14.7 Å². The predicted molar refractivity (Wildman–Crippen MR) is 135 cm³/mol. The Morgan fingerprint density at radius 1 is 1.03 bits per heavy atom. The Balaban J connectivity index is 1.66. The van der Waals surface area contributed by atoms with Gasteiger partial charge >= 0.3 is 0 Å². The first-order valence-corrected chi connectivity index (χ1v) is 11.6. The van der Waals surface area contributed by atoms with E-state index in [0.29, 0.717) is 27.9 Å². The van der Waals surface area contributed by atoms with E-state index in [4.69, 9.17) is 0 Å². The number of rotatable bonds is 3. The Hall–Kier alpha value is -4.23. The third-order valence-electron chi connectivity index (χ3n) is 6.75. The van der Waals surface area contributed by atoms with Gasteiger partial charge in [-0.25, -0.2) is 9.99 Å². The molecule has 6 rings (SSSR count). The lowest BCUT2D eigenvalue weighted by Gasteiger charge is -2.23. The SMILES string of the molecule is Cc1cc2c3n1C(c1ccccc1)=CN(n1c(C)nc4cc(CO)ccc4c1=O)C(=O)C3=CCC2. The quantitative estimate of drug-likeness (QED) is 0.502. The van der Waals surface area contributed by atoms with Gasteiger partial charge in [-0.1, -0.05) is 42.5 Å². The molecule has 7 heteroatoms. The normalized spacial score (nSPS) is 15.1. The molecule has 7 nitrogen and oxygen atoms in total. The summed E-state index contributed by atoms with van der Waals surface area (Å²) in [5.41, 5.74) is 6.22. The lowest BCUT2D eigenvalue weighted by Crippen LogP contribution is -2.44. The molecule has 0 bridgehead atoms. The Morgan fingerprint density at radius 3 is 2.60 bits per heavy atom. The van der Waals surface area contributed by atoms with E-state index < -0.39 is 0 Å². The van der Waals surface area contributed by atoms with Crippen LogP contribution in [0.2, 0.25) is 0 Å². The number of aliphatic hydroxyl groups is 1. The van der Waals surface area contributed by atoms with Crippen LogP contribution in [0.3, 0.4) is 0 Å². The van der Waals surface area contributed by atoms with E-state index in [1.807, 2.05) is 43.3 Å². The van der Waals surface area contributed by atoms with Gasteiger partial charge in [-0.3, -0.25) is 9.59 Å². The topological polar surface area (TPSA) is 80.4 Å². The van der Waals surface area contributed by atoms with E-state index in [-0.39, 0.29) is 18.1 Å². The van der Waals surface area contributed by atoms with Gasteiger partial charge in [0, 0.05) is 11.3 Å². The number of amides is 1. The summed E-state index contributed by atoms with van der Waals surface area (Å²) >= 11 is 0. The largest absolute Gasteiger partial charge is 0.392 e. The van der Waals surface area contributed by atoms with E-state index in [0.717, 1.165) is 41.1 Å². The molecule has 0 saturated carbocycles. The molecule has 1 N–H and O–H groups in total. The standard InChI is InChI=1S/C28H24N4O3/c1-17-13-21-9-6-10-23-26(21)31(17)25(20-7-4-3-5-8-20)15-30(27(23)34)32-18(2)29-24-14-19(16-33)11-12-22(24)28(32)35/h3-5,7-8,10-15,33H,6,9,16H2,1-2H3. The zero-order valence-corrected chi connectivity index (χ0v) is 19.5. The molecule has 0 spiro atoms. The van der Waals surface area contributed by atoms with Gasteiger partial charge in [0.15, 0.2) is 0 Å². The minimum Gasteiger partial charge on any atom is -0.392 e. The molecule has 0 unspecified atom stereocenters. The second-order valence-corrected chi connectivity index (χ2v) is 8.97. The molecule has 35 heavy (non-hydrogen) atoms. The maximum atomic E-state index is 14.0. The van der Waals surface area contributed by atoms with Crippen molar-refractivity contribution in [1.82, 2.24) is 14.2 Å². The number of hydrogen-bond donors (Lipinski definition) is 1. The van der Waals surface area contributed by atoms with Gasteiger partial charge in [0.25, 0.3) is 11.5 Å². The second-order valence-electron chi connectivity index (χ2n) is 8.97. The van der Waals surface area contributed by atoms with E-state index in [2.05, 4.69) is 15.6 Å². The van der Waals surface area contributed by atoms with Crippen LogP contribution in [0.4, 0.5) is 0 Å². The first-order valence-electron chi connectivity index (χ1n) is 11.6. The summed E-state index contributed by atoms with van der Waals surface area (Å²) in [7, 11) is 0. The molecule has 1 aliphatic carbocycles. The highest BCUT2D eigenvalue weighted by molar-refractivity contribution is 6.26. The molecule has 174 valence electrons. The first kappa shape index (κ1) is 21.3. The van der Waals surface area contributed by atoms with E-state index in [1.165, 1.54) is 9.69 Å². The molecule has 0 saturated heterocycles. The molecule has 3 heterocycles. The highest BCUT2D eigenvalue weighted by atomic mass is 16.3. The molecule has 2 aromatic heterocycles. The number of carbonyl (C=O) groups is 1. The number of benzene rings is 2. The maximum Gasteiger partial charge on any atom is 0.280 e. The van der Waals surface area contributed by atoms with Crippen LogP contribution < -0.4 is 10.6 Å². The van der Waals surface area contributed by atoms with Crippen LogP contribution in [-0.4, -0.2) is 25.2 Å². The van der Waals surface area contributed by atoms with Gasteiger partial charge in [-0.05, 0) is 56.0 Å². The number of hydrogen-bond acceptors (Lipinski definition) is 4. The highest BCUT2D eigenvalue weighted by Gasteiger charge is 2.33. The average Bonchev–Trinajstić information content (AvgIpc) is 3.14. The van der Waals surface area contributed by atoms with Gasteiger partial charge in [0.2, 0.25) is 0 Å². The van der Waals surface area contributed by atoms with Crippen molar-refractivity contribution < 1.29 is 9.90 Å². The molecule has 4 aromatic rings. The van der Waals surface area contributed by atoms with Crippen molar-refractivity contribution in [2.45, 2.75) is 33.3 Å². The Morgan fingerprint density at radius 2 is 1.83 bits per heavy atom. The zero-order chi connectivity index (χ0) is 24.3. The summed E-state index contributed by atoms with van der Waals surface area (Å²) in [6.45, 7) is 3.62. The summed E-state index contributed by atoms with van der Waals surface area (Å²) in [6, 6.07) is 17.1. The van der Waals surface area contributed by atoms with Crippen LogP contribution in [0.5, 0.6) is 0 Å². The molecule has 2 aliphatic rings. The number of aliphatic hydroxyl groups excluding tert-OH is 1. The lowest BCUT2D eigenvalue weighted by atomic mass is 9.96. The molecule has 0 fully saturated rings. The van der Waals surface area contributed by atoms with E-state index >= 15 is 0 Å². The molecular formula is C28H24N4O3. The molecular weight excluding hydrogens is 440 g/mol. The van der Waals surface area contributed by atoms with Crippen LogP contribution in [0.25, 0.3) is 22.2 Å². The number of nitrogens with zero attached hydrogens (tertiary/aromatic N) is 4. The second kappa shape index (κ2) is 7.92. The minimum atomic E-state index is -0.339. The van der Waals surface area contributed by atoms with Gasteiger partial charge in [0.05, 0.1) is 40.7 Å². The first-order chi connectivity index (χ1) is 17.0. The summed E-state index contributed by atoms with van der Waals surface area (Å²) in [6.07, 6.45) is 5.34. The van der Waals surface area contributed by atoms with Crippen molar-refractivity contribution in [3.8, 4) is 0 Å². The van der Waals surface area contributed by atoms with Crippen LogP contribution in [0.1, 0.15) is 40.3 Å². The Kier molecular flexibility index (Phi) is 4.82. The third-order valence-corrected chi connectivity index (χ3v) is 6.75. The summed E-state index contributed by atoms with van der Waals surface area (Å²) in [5.74, 6) is 0.115. The van der Waals surface area contributed by atoms with Gasteiger partial charge < -0.3 is 9.67 Å². The van der Waals surface area contributed by atoms with Crippen molar-refractivity contribution >= 4 is 28.1 Å². The summed E-state index contributed by atoms with van der Waals surface area (Å²) in [4.78, 5) is 32.4. The number of fused-ring (bicyclic) bond motifs is 1. The molecule has 0 radical (unpaired) electrons. The number of carbonyl (C=O) groups excluding carboxylic acids is 1. The molecule has 2 aromatic carbocycles. The summed E-state index contributed by atoms with van der Waals surface area (Å²) < 4.78 is 3.47. The fourth-order valence-corrected chi connectivity index (χ4v) is 5.16. The molecule has 1 aliphatic heterocycles. The fraction of sp³-hybridized carbons (Fsp3) is 0.179. The molecule has 1 amide bonds. The molecule has 0 atom stereocenters. The fourth-order valence-electron chi connectivity index (χ4n) is 5.16. The van der Waals surface area contributed by atoms with Crippen molar-refractivity contribution in [2.75, 3.05) is 5.01 Å². The van der Waals surface area contributed by atoms with Crippen LogP contribution in [-0.2, 0) is 17.8 Å². The Bertz CT molecular complexity index is 1640. The van der Waals surface area contributed by atoms with Crippen LogP contribution in [0, 0.1) is 13.8 Å². The third kappa shape index (κ3) is 3.19.